The van der Waals surface area contributed by atoms with Gasteiger partial charge < -0.3 is 0 Å². The van der Waals surface area contributed by atoms with Gasteiger partial charge in [0.05, 0.1) is 6.26 Å². The first kappa shape index (κ1) is 12.1. The fraction of sp³-hybridized carbons (Fsp3) is 0.333. The van der Waals surface area contributed by atoms with Gasteiger partial charge in [-0.3, -0.25) is 0 Å². The van der Waals surface area contributed by atoms with Crippen LogP contribution in [0.1, 0.15) is 18.0 Å². The third-order valence-corrected chi connectivity index (χ3v) is 2.51. The highest BCUT2D eigenvalue weighted by Gasteiger charge is 2.14. The van der Waals surface area contributed by atoms with Gasteiger partial charge in [-0.25, -0.2) is 18.1 Å². The van der Waals surface area contributed by atoms with E-state index in [1.807, 2.05) is 0 Å². The fourth-order valence-corrected chi connectivity index (χ4v) is 1.92. The minimum Gasteiger partial charge on any atom is -0.228 e. The zero-order valence-corrected chi connectivity index (χ0v) is 9.09. The van der Waals surface area contributed by atoms with Crippen LogP contribution in [-0.4, -0.2) is 19.7 Å². The van der Waals surface area contributed by atoms with Crippen molar-refractivity contribution in [2.75, 3.05) is 6.26 Å². The lowest BCUT2D eigenvalue weighted by Crippen LogP contribution is -2.27. The average Bonchev–Trinajstić information content (AvgIpc) is 2.14. The van der Waals surface area contributed by atoms with Gasteiger partial charge in [-0.1, -0.05) is 13.0 Å². The normalized spacial score (nSPS) is 13.8. The van der Waals surface area contributed by atoms with E-state index in [0.717, 1.165) is 6.26 Å². The molecule has 0 fully saturated rings. The molecule has 6 heteroatoms. The van der Waals surface area contributed by atoms with Crippen molar-refractivity contribution in [1.29, 1.82) is 0 Å². The van der Waals surface area contributed by atoms with E-state index >= 15 is 0 Å². The lowest BCUT2D eigenvalue weighted by molar-refractivity contribution is 0.557. The van der Waals surface area contributed by atoms with Gasteiger partial charge in [-0.2, -0.15) is 4.39 Å². The van der Waals surface area contributed by atoms with Gasteiger partial charge >= 0.3 is 0 Å². The Labute approximate surface area is 88.6 Å². The highest BCUT2D eigenvalue weighted by molar-refractivity contribution is 7.88. The van der Waals surface area contributed by atoms with Crippen LogP contribution in [0.15, 0.2) is 18.3 Å². The second-order valence-corrected chi connectivity index (χ2v) is 4.93. The molecule has 4 nitrogen and oxygen atoms in total. The predicted molar refractivity (Wildman–Crippen MR) is 54.9 cm³/mol. The number of pyridine rings is 1. The molecule has 0 saturated carbocycles. The van der Waals surface area contributed by atoms with Crippen LogP contribution in [0.5, 0.6) is 0 Å². The Morgan fingerprint density at radius 1 is 1.60 bits per heavy atom. The van der Waals surface area contributed by atoms with Crippen LogP contribution in [-0.2, 0) is 10.0 Å². The quantitative estimate of drug-likeness (QED) is 0.787. The molecule has 1 heterocycles. The van der Waals surface area contributed by atoms with Crippen molar-refractivity contribution in [1.82, 2.24) is 9.71 Å². The van der Waals surface area contributed by atoms with E-state index in [1.165, 1.54) is 18.3 Å². The number of hydrogen-bond acceptors (Lipinski definition) is 3. The topological polar surface area (TPSA) is 59.1 Å². The van der Waals surface area contributed by atoms with Crippen molar-refractivity contribution in [3.63, 3.8) is 0 Å². The van der Waals surface area contributed by atoms with Crippen LogP contribution < -0.4 is 4.72 Å². The summed E-state index contributed by atoms with van der Waals surface area (Å²) < 4.78 is 36.9. The number of hydrogen-bond donors (Lipinski definition) is 1. The van der Waals surface area contributed by atoms with Crippen molar-refractivity contribution in [3.05, 3.63) is 36.8 Å². The maximum atomic E-state index is 12.5. The average molecular weight is 231 g/mol. The summed E-state index contributed by atoms with van der Waals surface area (Å²) in [5.41, 5.74) is 0.594. The molecule has 0 spiro atoms. The molecule has 0 amide bonds. The van der Waals surface area contributed by atoms with Gasteiger partial charge in [0, 0.05) is 12.2 Å². The monoisotopic (exact) mass is 231 g/mol. The Bertz CT molecular complexity index is 416. The number of halogens is 1. The molecule has 0 aromatic carbocycles. The second kappa shape index (κ2) is 4.67. The summed E-state index contributed by atoms with van der Waals surface area (Å²) in [7, 11) is -3.31. The molecule has 1 aromatic rings. The Morgan fingerprint density at radius 2 is 2.27 bits per heavy atom. The highest BCUT2D eigenvalue weighted by atomic mass is 32.2. The molecule has 1 unspecified atom stereocenters. The van der Waals surface area contributed by atoms with Gasteiger partial charge in [-0.15, -0.1) is 0 Å². The molecule has 0 aliphatic carbocycles. The molecule has 1 rings (SSSR count). The molecule has 1 radical (unpaired) electrons. The Kier molecular flexibility index (Phi) is 3.76. The Hall–Kier alpha value is -1.01. The molecule has 0 aliphatic rings. The van der Waals surface area contributed by atoms with Crippen molar-refractivity contribution < 1.29 is 12.8 Å². The molecule has 83 valence electrons. The van der Waals surface area contributed by atoms with Crippen LogP contribution in [0.3, 0.4) is 0 Å². The number of sulfonamides is 1. The van der Waals surface area contributed by atoms with Crippen LogP contribution in [0.2, 0.25) is 0 Å². The van der Waals surface area contributed by atoms with Crippen LogP contribution in [0, 0.1) is 12.9 Å². The van der Waals surface area contributed by atoms with Gasteiger partial charge in [-0.05, 0) is 18.1 Å². The summed E-state index contributed by atoms with van der Waals surface area (Å²) >= 11 is 0. The third-order valence-electron chi connectivity index (χ3n) is 1.80. The van der Waals surface area contributed by atoms with Gasteiger partial charge in [0.25, 0.3) is 0 Å². The SMILES string of the molecule is [CH2]CC(NS(C)(=O)=O)c1ccc(F)nc1. The Morgan fingerprint density at radius 3 is 2.67 bits per heavy atom. The maximum Gasteiger partial charge on any atom is 0.212 e. The summed E-state index contributed by atoms with van der Waals surface area (Å²) in [6.07, 6.45) is 2.69. The molecule has 0 saturated heterocycles. The first-order valence-corrected chi connectivity index (χ1v) is 6.19. The third kappa shape index (κ3) is 3.93. The smallest absolute Gasteiger partial charge is 0.212 e. The van der Waals surface area contributed by atoms with E-state index in [2.05, 4.69) is 16.6 Å². The minimum atomic E-state index is -3.31. The van der Waals surface area contributed by atoms with E-state index in [-0.39, 0.29) is 0 Å². The van der Waals surface area contributed by atoms with E-state index in [1.54, 1.807) is 0 Å². The molecular formula is C9H12FN2O2S. The molecule has 15 heavy (non-hydrogen) atoms. The summed E-state index contributed by atoms with van der Waals surface area (Å²) in [6.45, 7) is 3.62. The zero-order chi connectivity index (χ0) is 11.5. The summed E-state index contributed by atoms with van der Waals surface area (Å²) in [5.74, 6) is -0.596. The van der Waals surface area contributed by atoms with Crippen molar-refractivity contribution in [3.8, 4) is 0 Å². The van der Waals surface area contributed by atoms with Crippen molar-refractivity contribution >= 4 is 10.0 Å². The summed E-state index contributed by atoms with van der Waals surface area (Å²) in [4.78, 5) is 3.45. The lowest BCUT2D eigenvalue weighted by atomic mass is 10.1. The molecule has 0 aliphatic heterocycles. The van der Waals surface area contributed by atoms with E-state index in [4.69, 9.17) is 0 Å². The minimum absolute atomic E-state index is 0.334. The standard InChI is InChI=1S/C9H12FN2O2S/c1-3-8(12-15(2,13)14)7-4-5-9(10)11-6-7/h4-6,8,12H,1,3H2,2H3. The molecular weight excluding hydrogens is 219 g/mol. The van der Waals surface area contributed by atoms with Crippen LogP contribution in [0.25, 0.3) is 0 Å². The molecule has 0 bridgehead atoms. The predicted octanol–water partition coefficient (Wildman–Crippen LogP) is 1.04. The first-order valence-electron chi connectivity index (χ1n) is 4.30. The maximum absolute atomic E-state index is 12.5. The highest BCUT2D eigenvalue weighted by Crippen LogP contribution is 2.15. The summed E-state index contributed by atoms with van der Waals surface area (Å²) in [6, 6.07) is 2.20. The second-order valence-electron chi connectivity index (χ2n) is 3.15. The van der Waals surface area contributed by atoms with Crippen molar-refractivity contribution in [2.24, 2.45) is 0 Å². The first-order chi connectivity index (χ1) is 6.92. The lowest BCUT2D eigenvalue weighted by Gasteiger charge is -2.14. The van der Waals surface area contributed by atoms with E-state index in [0.29, 0.717) is 12.0 Å². The number of aromatic nitrogens is 1. The summed E-state index contributed by atoms with van der Waals surface area (Å²) in [5, 5.41) is 0. The zero-order valence-electron chi connectivity index (χ0n) is 8.27. The van der Waals surface area contributed by atoms with E-state index in [9.17, 15) is 12.8 Å². The van der Waals surface area contributed by atoms with Gasteiger partial charge in [0.15, 0.2) is 0 Å². The van der Waals surface area contributed by atoms with Crippen LogP contribution >= 0.6 is 0 Å². The fourth-order valence-electron chi connectivity index (χ4n) is 1.15. The molecule has 1 atom stereocenters. The van der Waals surface area contributed by atoms with Gasteiger partial charge in [0.1, 0.15) is 0 Å². The molecule has 1 N–H and O–H groups in total. The largest absolute Gasteiger partial charge is 0.228 e. The van der Waals surface area contributed by atoms with Gasteiger partial charge in [0.2, 0.25) is 16.0 Å². The van der Waals surface area contributed by atoms with Crippen molar-refractivity contribution in [2.45, 2.75) is 12.5 Å². The number of rotatable bonds is 4. The van der Waals surface area contributed by atoms with Crippen LogP contribution in [0.4, 0.5) is 4.39 Å². The molecule has 1 aromatic heterocycles. The number of nitrogens with zero attached hydrogens (tertiary/aromatic N) is 1. The Balaban J connectivity index is 2.88. The number of nitrogens with one attached hydrogen (secondary N) is 1. The van der Waals surface area contributed by atoms with E-state index < -0.39 is 22.0 Å².